The van der Waals surface area contributed by atoms with Crippen molar-refractivity contribution in [1.29, 1.82) is 0 Å². The van der Waals surface area contributed by atoms with Crippen LogP contribution in [0, 0.1) is 5.41 Å². The van der Waals surface area contributed by atoms with Crippen LogP contribution < -0.4 is 5.73 Å². The molecule has 0 saturated heterocycles. The van der Waals surface area contributed by atoms with Crippen LogP contribution in [0.4, 0.5) is 0 Å². The number of benzene rings is 1. The van der Waals surface area contributed by atoms with E-state index in [1.54, 1.807) is 13.8 Å². The Morgan fingerprint density at radius 1 is 1.37 bits per heavy atom. The molecule has 0 spiro atoms. The van der Waals surface area contributed by atoms with E-state index in [9.17, 15) is 14.7 Å². The monoisotopic (exact) mass is 267 g/mol. The number of carbonyl (C=O) groups excluding carboxylic acids is 1. The molecule has 6 nitrogen and oxygen atoms in total. The molecule has 0 radical (unpaired) electrons. The Hall–Kier alpha value is -2.08. The number of carboxylic acids is 1. The summed E-state index contributed by atoms with van der Waals surface area (Å²) < 4.78 is 4.67. The van der Waals surface area contributed by atoms with Gasteiger partial charge in [-0.25, -0.2) is 4.79 Å². The molecule has 0 fully saturated rings. The summed E-state index contributed by atoms with van der Waals surface area (Å²) in [6.45, 7) is 3.22. The molecule has 1 aromatic rings. The molecule has 0 bridgehead atoms. The van der Waals surface area contributed by atoms with Gasteiger partial charge in [0, 0.05) is 6.04 Å². The maximum atomic E-state index is 11.7. The fourth-order valence-electron chi connectivity index (χ4n) is 1.73. The van der Waals surface area contributed by atoms with Crippen molar-refractivity contribution in [3.05, 3.63) is 29.3 Å². The lowest BCUT2D eigenvalue weighted by atomic mass is 9.80. The number of rotatable bonds is 4. The van der Waals surface area contributed by atoms with Crippen LogP contribution in [0.25, 0.3) is 0 Å². The molecule has 0 heterocycles. The molecule has 19 heavy (non-hydrogen) atoms. The van der Waals surface area contributed by atoms with E-state index in [0.717, 1.165) is 0 Å². The first-order valence-corrected chi connectivity index (χ1v) is 5.62. The maximum Gasteiger partial charge on any atom is 0.339 e. The fourth-order valence-corrected chi connectivity index (χ4v) is 1.73. The lowest BCUT2D eigenvalue weighted by Gasteiger charge is -2.29. The predicted molar refractivity (Wildman–Crippen MR) is 67.8 cm³/mol. The Morgan fingerprint density at radius 2 is 1.95 bits per heavy atom. The van der Waals surface area contributed by atoms with E-state index in [1.807, 2.05) is 0 Å². The predicted octanol–water partition coefficient (Wildman–Crippen LogP) is 1.29. The zero-order chi connectivity index (χ0) is 14.8. The molecule has 1 rings (SSSR count). The lowest BCUT2D eigenvalue weighted by Crippen LogP contribution is -2.37. The molecular formula is C13H17NO5. The Balaban J connectivity index is 3.20. The number of carboxylic acid groups (broad SMARTS) is 1. The number of phenols is 1. The Bertz CT molecular complexity index is 510. The summed E-state index contributed by atoms with van der Waals surface area (Å²) in [6.07, 6.45) is 0. The van der Waals surface area contributed by atoms with Crippen molar-refractivity contribution in [2.75, 3.05) is 7.11 Å². The summed E-state index contributed by atoms with van der Waals surface area (Å²) in [7, 11) is 1.26. The average molecular weight is 267 g/mol. The summed E-state index contributed by atoms with van der Waals surface area (Å²) in [5.41, 5.74) is 5.16. The largest absolute Gasteiger partial charge is 0.507 e. The number of aromatic carboxylic acids is 1. The van der Waals surface area contributed by atoms with Gasteiger partial charge in [0.1, 0.15) is 11.3 Å². The molecule has 1 atom stereocenters. The van der Waals surface area contributed by atoms with Crippen molar-refractivity contribution in [2.24, 2.45) is 11.1 Å². The molecule has 104 valence electrons. The fraction of sp³-hybridized carbons (Fsp3) is 0.385. The van der Waals surface area contributed by atoms with E-state index >= 15 is 0 Å². The topological polar surface area (TPSA) is 110 Å². The number of nitrogens with two attached hydrogens (primary N) is 1. The number of carbonyl (C=O) groups is 2. The highest BCUT2D eigenvalue weighted by Crippen LogP contribution is 2.34. The van der Waals surface area contributed by atoms with Crippen LogP contribution in [-0.2, 0) is 9.53 Å². The molecule has 0 unspecified atom stereocenters. The maximum absolute atomic E-state index is 11.7. The number of esters is 1. The SMILES string of the molecule is COC(=O)C(C)(C)[C@@H](N)c1ccc(O)c(C(=O)O)c1. The summed E-state index contributed by atoms with van der Waals surface area (Å²) in [5.74, 6) is -2.10. The van der Waals surface area contributed by atoms with E-state index in [2.05, 4.69) is 4.74 Å². The zero-order valence-electron chi connectivity index (χ0n) is 11.0. The van der Waals surface area contributed by atoms with Gasteiger partial charge >= 0.3 is 11.9 Å². The van der Waals surface area contributed by atoms with Gasteiger partial charge in [0.05, 0.1) is 12.5 Å². The van der Waals surface area contributed by atoms with Crippen LogP contribution >= 0.6 is 0 Å². The molecule has 1 aromatic carbocycles. The van der Waals surface area contributed by atoms with E-state index < -0.39 is 23.4 Å². The minimum atomic E-state index is -1.26. The zero-order valence-corrected chi connectivity index (χ0v) is 11.0. The van der Waals surface area contributed by atoms with Gasteiger partial charge in [-0.3, -0.25) is 4.79 Å². The highest BCUT2D eigenvalue weighted by molar-refractivity contribution is 5.91. The van der Waals surface area contributed by atoms with Crippen LogP contribution in [0.5, 0.6) is 5.75 Å². The molecule has 0 aliphatic carbocycles. The third-order valence-corrected chi connectivity index (χ3v) is 3.10. The molecule has 0 aliphatic heterocycles. The van der Waals surface area contributed by atoms with Crippen LogP contribution in [0.15, 0.2) is 18.2 Å². The Kier molecular flexibility index (Phi) is 4.16. The molecule has 4 N–H and O–H groups in total. The van der Waals surface area contributed by atoms with Gasteiger partial charge in [-0.05, 0) is 31.5 Å². The molecular weight excluding hydrogens is 250 g/mol. The second-order valence-corrected chi connectivity index (χ2v) is 4.77. The first-order chi connectivity index (χ1) is 8.71. The van der Waals surface area contributed by atoms with Crippen molar-refractivity contribution in [2.45, 2.75) is 19.9 Å². The second-order valence-electron chi connectivity index (χ2n) is 4.77. The second kappa shape index (κ2) is 5.27. The van der Waals surface area contributed by atoms with Crippen LogP contribution in [0.1, 0.15) is 35.8 Å². The highest BCUT2D eigenvalue weighted by Gasteiger charge is 2.37. The van der Waals surface area contributed by atoms with Crippen LogP contribution in [-0.4, -0.2) is 29.3 Å². The normalized spacial score (nSPS) is 12.8. The van der Waals surface area contributed by atoms with Gasteiger partial charge < -0.3 is 20.7 Å². The van der Waals surface area contributed by atoms with Gasteiger partial charge in [0.25, 0.3) is 0 Å². The molecule has 0 saturated carbocycles. The van der Waals surface area contributed by atoms with Crippen LogP contribution in [0.3, 0.4) is 0 Å². The number of aromatic hydroxyl groups is 1. The van der Waals surface area contributed by atoms with Crippen molar-refractivity contribution >= 4 is 11.9 Å². The quantitative estimate of drug-likeness (QED) is 0.709. The smallest absolute Gasteiger partial charge is 0.339 e. The van der Waals surface area contributed by atoms with E-state index in [1.165, 1.54) is 25.3 Å². The third kappa shape index (κ3) is 2.85. The molecule has 0 aliphatic rings. The standard InChI is InChI=1S/C13H17NO5/c1-13(2,12(18)19-3)10(14)7-4-5-9(15)8(6-7)11(16)17/h4-6,10,15H,14H2,1-3H3,(H,16,17)/t10-/m0/s1. The van der Waals surface area contributed by atoms with Gasteiger partial charge in [0.2, 0.25) is 0 Å². The number of methoxy groups -OCH3 is 1. The Morgan fingerprint density at radius 3 is 2.42 bits per heavy atom. The van der Waals surface area contributed by atoms with Crippen molar-refractivity contribution in [3.8, 4) is 5.75 Å². The molecule has 6 heteroatoms. The van der Waals surface area contributed by atoms with Gasteiger partial charge in [-0.2, -0.15) is 0 Å². The minimum absolute atomic E-state index is 0.256. The van der Waals surface area contributed by atoms with E-state index in [4.69, 9.17) is 10.8 Å². The molecule has 0 aromatic heterocycles. The minimum Gasteiger partial charge on any atom is -0.507 e. The summed E-state index contributed by atoms with van der Waals surface area (Å²) >= 11 is 0. The van der Waals surface area contributed by atoms with E-state index in [0.29, 0.717) is 5.56 Å². The summed E-state index contributed by atoms with van der Waals surface area (Å²) in [4.78, 5) is 22.6. The first kappa shape index (κ1) is 15.0. The number of hydrogen-bond acceptors (Lipinski definition) is 5. The van der Waals surface area contributed by atoms with E-state index in [-0.39, 0.29) is 11.3 Å². The molecule has 0 amide bonds. The van der Waals surface area contributed by atoms with Gasteiger partial charge in [-0.15, -0.1) is 0 Å². The summed E-state index contributed by atoms with van der Waals surface area (Å²) in [6, 6.07) is 3.23. The van der Waals surface area contributed by atoms with Gasteiger partial charge in [0.15, 0.2) is 0 Å². The van der Waals surface area contributed by atoms with Crippen LogP contribution in [0.2, 0.25) is 0 Å². The lowest BCUT2D eigenvalue weighted by molar-refractivity contribution is -0.152. The van der Waals surface area contributed by atoms with Crippen molar-refractivity contribution in [1.82, 2.24) is 0 Å². The average Bonchev–Trinajstić information content (AvgIpc) is 2.36. The summed E-state index contributed by atoms with van der Waals surface area (Å²) in [5, 5.41) is 18.4. The van der Waals surface area contributed by atoms with Crippen molar-refractivity contribution in [3.63, 3.8) is 0 Å². The number of ether oxygens (including phenoxy) is 1. The van der Waals surface area contributed by atoms with Gasteiger partial charge in [-0.1, -0.05) is 6.07 Å². The van der Waals surface area contributed by atoms with Crippen molar-refractivity contribution < 1.29 is 24.5 Å². The first-order valence-electron chi connectivity index (χ1n) is 5.62. The Labute approximate surface area is 110 Å². The highest BCUT2D eigenvalue weighted by atomic mass is 16.5. The number of hydrogen-bond donors (Lipinski definition) is 3. The third-order valence-electron chi connectivity index (χ3n) is 3.10.